The van der Waals surface area contributed by atoms with Crippen LogP contribution in [0.25, 0.3) is 0 Å². The Bertz CT molecular complexity index is 900. The van der Waals surface area contributed by atoms with Gasteiger partial charge in [-0.05, 0) is 42.7 Å². The van der Waals surface area contributed by atoms with E-state index >= 15 is 0 Å². The van der Waals surface area contributed by atoms with Crippen molar-refractivity contribution in [3.8, 4) is 5.75 Å². The summed E-state index contributed by atoms with van der Waals surface area (Å²) in [5, 5.41) is 0. The first kappa shape index (κ1) is 20.8. The van der Waals surface area contributed by atoms with Crippen LogP contribution >= 0.6 is 11.8 Å². The van der Waals surface area contributed by atoms with Crippen molar-refractivity contribution in [2.45, 2.75) is 43.0 Å². The van der Waals surface area contributed by atoms with Crippen molar-refractivity contribution in [2.75, 3.05) is 30.9 Å². The molecular formula is C24H28N2O3S. The normalized spacial score (nSPS) is 19.2. The van der Waals surface area contributed by atoms with Crippen LogP contribution in [0.15, 0.2) is 53.4 Å². The molecule has 0 spiro atoms. The molecule has 2 heterocycles. The van der Waals surface area contributed by atoms with Gasteiger partial charge in [-0.25, -0.2) is 0 Å². The van der Waals surface area contributed by atoms with Crippen LogP contribution in [-0.2, 0) is 9.59 Å². The molecule has 0 aliphatic carbocycles. The van der Waals surface area contributed by atoms with E-state index < -0.39 is 0 Å². The van der Waals surface area contributed by atoms with Gasteiger partial charge < -0.3 is 14.5 Å². The fraction of sp³-hybridized carbons (Fsp3) is 0.417. The van der Waals surface area contributed by atoms with E-state index in [1.54, 1.807) is 23.8 Å². The van der Waals surface area contributed by atoms with Crippen LogP contribution in [-0.4, -0.2) is 42.7 Å². The molecule has 2 aliphatic heterocycles. The molecule has 2 amide bonds. The molecule has 6 heteroatoms. The van der Waals surface area contributed by atoms with Gasteiger partial charge in [0.25, 0.3) is 0 Å². The van der Waals surface area contributed by atoms with Crippen LogP contribution < -0.4 is 9.64 Å². The number of fused-ring (bicyclic) bond motifs is 1. The number of likely N-dealkylation sites (tertiary alicyclic amines) is 1. The number of carbonyl (C=O) groups is 2. The van der Waals surface area contributed by atoms with Crippen molar-refractivity contribution in [1.29, 1.82) is 0 Å². The lowest BCUT2D eigenvalue weighted by Crippen LogP contribution is -2.40. The highest BCUT2D eigenvalue weighted by Gasteiger charge is 2.29. The van der Waals surface area contributed by atoms with Gasteiger partial charge in [-0.2, -0.15) is 0 Å². The van der Waals surface area contributed by atoms with E-state index in [-0.39, 0.29) is 17.9 Å². The number of nitrogens with zero attached hydrogens (tertiary/aromatic N) is 2. The van der Waals surface area contributed by atoms with E-state index in [1.807, 2.05) is 41.3 Å². The average Bonchev–Trinajstić information content (AvgIpc) is 3.04. The number of methoxy groups -OCH3 is 1. The predicted octanol–water partition coefficient (Wildman–Crippen LogP) is 4.67. The number of carbonyl (C=O) groups excluding carboxylic acids is 2. The second-order valence-corrected chi connectivity index (χ2v) is 8.79. The smallest absolute Gasteiger partial charge is 0.237 e. The molecule has 4 rings (SSSR count). The number of hydrogen-bond donors (Lipinski definition) is 0. The first-order valence-corrected chi connectivity index (χ1v) is 11.6. The van der Waals surface area contributed by atoms with Crippen molar-refractivity contribution in [3.05, 3.63) is 54.1 Å². The Kier molecular flexibility index (Phi) is 6.62. The minimum atomic E-state index is 0.0778. The van der Waals surface area contributed by atoms with Gasteiger partial charge >= 0.3 is 0 Å². The first-order chi connectivity index (χ1) is 14.7. The number of rotatable bonds is 5. The number of thioether (sulfide) groups is 1. The minimum absolute atomic E-state index is 0.0778. The summed E-state index contributed by atoms with van der Waals surface area (Å²) in [6.45, 7) is 1.21. The Morgan fingerprint density at radius 2 is 1.90 bits per heavy atom. The molecule has 1 unspecified atom stereocenters. The van der Waals surface area contributed by atoms with Crippen LogP contribution in [0.3, 0.4) is 0 Å². The summed E-state index contributed by atoms with van der Waals surface area (Å²) in [6.07, 6.45) is 4.61. The summed E-state index contributed by atoms with van der Waals surface area (Å²) < 4.78 is 5.28. The van der Waals surface area contributed by atoms with E-state index in [0.29, 0.717) is 18.7 Å². The van der Waals surface area contributed by atoms with Gasteiger partial charge in [0, 0.05) is 24.4 Å². The van der Waals surface area contributed by atoms with Gasteiger partial charge in [0.1, 0.15) is 5.75 Å². The number of para-hydroxylation sites is 1. The molecule has 1 saturated heterocycles. The van der Waals surface area contributed by atoms with E-state index in [0.717, 1.165) is 54.1 Å². The third-order valence-corrected chi connectivity index (χ3v) is 6.98. The van der Waals surface area contributed by atoms with Crippen LogP contribution in [0, 0.1) is 0 Å². The maximum absolute atomic E-state index is 13.3. The lowest BCUT2D eigenvalue weighted by molar-refractivity contribution is -0.133. The van der Waals surface area contributed by atoms with Gasteiger partial charge in [0.2, 0.25) is 11.8 Å². The van der Waals surface area contributed by atoms with Crippen LogP contribution in [0.1, 0.15) is 43.7 Å². The molecule has 0 saturated carbocycles. The van der Waals surface area contributed by atoms with Gasteiger partial charge in [0.15, 0.2) is 0 Å². The lowest BCUT2D eigenvalue weighted by Gasteiger charge is -2.33. The highest BCUT2D eigenvalue weighted by molar-refractivity contribution is 8.00. The number of hydrogen-bond acceptors (Lipinski definition) is 4. The third-order valence-electron chi connectivity index (χ3n) is 5.93. The summed E-state index contributed by atoms with van der Waals surface area (Å²) in [5.74, 6) is 1.46. The molecule has 158 valence electrons. The van der Waals surface area contributed by atoms with E-state index in [1.165, 1.54) is 0 Å². The van der Waals surface area contributed by atoms with E-state index in [4.69, 9.17) is 4.74 Å². The zero-order chi connectivity index (χ0) is 20.9. The molecule has 2 aromatic carbocycles. The Balaban J connectivity index is 1.48. The van der Waals surface area contributed by atoms with Crippen LogP contribution in [0.2, 0.25) is 0 Å². The SMILES string of the molecule is COc1ccc(C2CCCCCN2C(=O)CCN2C(=O)CSc3ccccc32)cc1. The maximum atomic E-state index is 13.3. The highest BCUT2D eigenvalue weighted by atomic mass is 32.2. The molecule has 2 aromatic rings. The van der Waals surface area contributed by atoms with E-state index in [9.17, 15) is 9.59 Å². The third kappa shape index (κ3) is 4.48. The first-order valence-electron chi connectivity index (χ1n) is 10.6. The minimum Gasteiger partial charge on any atom is -0.497 e. The topological polar surface area (TPSA) is 49.9 Å². The summed E-state index contributed by atoms with van der Waals surface area (Å²) >= 11 is 1.57. The number of benzene rings is 2. The summed E-state index contributed by atoms with van der Waals surface area (Å²) in [7, 11) is 1.66. The molecule has 0 aromatic heterocycles. The summed E-state index contributed by atoms with van der Waals surface area (Å²) in [4.78, 5) is 30.7. The Morgan fingerprint density at radius 1 is 1.10 bits per heavy atom. The van der Waals surface area contributed by atoms with Crippen molar-refractivity contribution in [1.82, 2.24) is 4.90 Å². The van der Waals surface area contributed by atoms with Crippen molar-refractivity contribution >= 4 is 29.3 Å². The lowest BCUT2D eigenvalue weighted by atomic mass is 10.0. The zero-order valence-electron chi connectivity index (χ0n) is 17.4. The molecule has 0 bridgehead atoms. The molecule has 1 atom stereocenters. The quantitative estimate of drug-likeness (QED) is 0.700. The van der Waals surface area contributed by atoms with Crippen molar-refractivity contribution in [3.63, 3.8) is 0 Å². The summed E-state index contributed by atoms with van der Waals surface area (Å²) in [5.41, 5.74) is 2.08. The van der Waals surface area contributed by atoms with Crippen LogP contribution in [0.4, 0.5) is 5.69 Å². The van der Waals surface area contributed by atoms with E-state index in [2.05, 4.69) is 12.1 Å². The second-order valence-electron chi connectivity index (χ2n) is 7.78. The second kappa shape index (κ2) is 9.56. The Labute approximate surface area is 182 Å². The molecule has 1 fully saturated rings. The molecule has 2 aliphatic rings. The summed E-state index contributed by atoms with van der Waals surface area (Å²) in [6, 6.07) is 16.1. The predicted molar refractivity (Wildman–Crippen MR) is 120 cm³/mol. The maximum Gasteiger partial charge on any atom is 0.237 e. The highest BCUT2D eigenvalue weighted by Crippen LogP contribution is 2.35. The number of amides is 2. The van der Waals surface area contributed by atoms with Crippen molar-refractivity contribution in [2.24, 2.45) is 0 Å². The Morgan fingerprint density at radius 3 is 2.70 bits per heavy atom. The van der Waals surface area contributed by atoms with Gasteiger partial charge in [-0.1, -0.05) is 37.1 Å². The fourth-order valence-corrected chi connectivity index (χ4v) is 5.27. The number of anilines is 1. The van der Waals surface area contributed by atoms with Gasteiger partial charge in [-0.15, -0.1) is 11.8 Å². The molecular weight excluding hydrogens is 396 g/mol. The Hall–Kier alpha value is -2.47. The molecule has 0 N–H and O–H groups in total. The zero-order valence-corrected chi connectivity index (χ0v) is 18.2. The molecule has 0 radical (unpaired) electrons. The fourth-order valence-electron chi connectivity index (χ4n) is 4.33. The standard InChI is InChI=1S/C24H28N2O3S/c1-29-19-12-10-18(11-13-19)20-7-3-2-6-15-25(20)23(27)14-16-26-21-8-4-5-9-22(21)30-17-24(26)28/h4-5,8-13,20H,2-3,6-7,14-17H2,1H3. The number of ether oxygens (including phenoxy) is 1. The molecule has 30 heavy (non-hydrogen) atoms. The van der Waals surface area contributed by atoms with Crippen molar-refractivity contribution < 1.29 is 14.3 Å². The van der Waals surface area contributed by atoms with Crippen LogP contribution in [0.5, 0.6) is 5.75 Å². The van der Waals surface area contributed by atoms with Gasteiger partial charge in [-0.3, -0.25) is 9.59 Å². The monoisotopic (exact) mass is 424 g/mol. The largest absolute Gasteiger partial charge is 0.497 e. The van der Waals surface area contributed by atoms with Gasteiger partial charge in [0.05, 0.1) is 24.6 Å². The molecule has 5 nitrogen and oxygen atoms in total. The average molecular weight is 425 g/mol.